The van der Waals surface area contributed by atoms with Crippen molar-refractivity contribution in [2.24, 2.45) is 11.8 Å². The van der Waals surface area contributed by atoms with Gasteiger partial charge in [0.1, 0.15) is 0 Å². The summed E-state index contributed by atoms with van der Waals surface area (Å²) in [5.41, 5.74) is 0.314. The van der Waals surface area contributed by atoms with Crippen molar-refractivity contribution >= 4 is 0 Å². The minimum Gasteiger partial charge on any atom is -0.375 e. The zero-order chi connectivity index (χ0) is 12.3. The Morgan fingerprint density at radius 1 is 0.944 bits per heavy atom. The maximum Gasteiger partial charge on any atom is 0.0685 e. The van der Waals surface area contributed by atoms with Crippen LogP contribution in [0.2, 0.25) is 0 Å². The van der Waals surface area contributed by atoms with Gasteiger partial charge < -0.3 is 10.1 Å². The lowest BCUT2D eigenvalue weighted by Crippen LogP contribution is -2.42. The third-order valence-corrected chi connectivity index (χ3v) is 5.49. The lowest BCUT2D eigenvalue weighted by molar-refractivity contribution is -0.120. The predicted molar refractivity (Wildman–Crippen MR) is 74.7 cm³/mol. The second kappa shape index (κ2) is 5.92. The van der Waals surface area contributed by atoms with Gasteiger partial charge in [-0.1, -0.05) is 19.3 Å². The van der Waals surface area contributed by atoms with Gasteiger partial charge in [-0.3, -0.25) is 0 Å². The van der Waals surface area contributed by atoms with E-state index in [4.69, 9.17) is 4.74 Å². The molecule has 1 saturated carbocycles. The average Bonchev–Trinajstić information content (AvgIpc) is 2.41. The Morgan fingerprint density at radius 3 is 2.50 bits per heavy atom. The minimum absolute atomic E-state index is 0.314. The molecule has 0 aromatic carbocycles. The molecular weight excluding hydrogens is 222 g/mol. The molecular formula is C16H29NO. The quantitative estimate of drug-likeness (QED) is 0.811. The molecule has 0 amide bonds. The topological polar surface area (TPSA) is 21.3 Å². The van der Waals surface area contributed by atoms with Crippen LogP contribution in [-0.2, 0) is 4.74 Å². The molecule has 18 heavy (non-hydrogen) atoms. The molecule has 2 aliphatic heterocycles. The molecule has 3 fully saturated rings. The molecule has 0 bridgehead atoms. The molecule has 2 nitrogen and oxygen atoms in total. The number of ether oxygens (including phenoxy) is 1. The zero-order valence-electron chi connectivity index (χ0n) is 11.8. The van der Waals surface area contributed by atoms with E-state index in [0.29, 0.717) is 5.60 Å². The fourth-order valence-electron chi connectivity index (χ4n) is 4.46. The Morgan fingerprint density at radius 2 is 1.72 bits per heavy atom. The standard InChI is InChI=1S/C16H29NO/c1-2-7-16(8-3-1)13-15(6-11-18-16)12-14-4-9-17-10-5-14/h14-15,17H,1-13H2. The third kappa shape index (κ3) is 3.08. The SMILES string of the molecule is C1CCC2(CC1)CC(CC1CCNCC1)CCO2. The first-order valence-corrected chi connectivity index (χ1v) is 8.21. The van der Waals surface area contributed by atoms with Gasteiger partial charge in [0.2, 0.25) is 0 Å². The van der Waals surface area contributed by atoms with Crippen molar-refractivity contribution in [3.63, 3.8) is 0 Å². The molecule has 3 rings (SSSR count). The van der Waals surface area contributed by atoms with Crippen molar-refractivity contribution in [1.82, 2.24) is 5.32 Å². The lowest BCUT2D eigenvalue weighted by atomic mass is 9.73. The molecule has 0 aromatic heterocycles. The number of nitrogens with one attached hydrogen (secondary N) is 1. The van der Waals surface area contributed by atoms with Crippen molar-refractivity contribution in [1.29, 1.82) is 0 Å². The number of piperidine rings is 1. The van der Waals surface area contributed by atoms with Crippen molar-refractivity contribution in [2.75, 3.05) is 19.7 Å². The summed E-state index contributed by atoms with van der Waals surface area (Å²) in [4.78, 5) is 0. The zero-order valence-corrected chi connectivity index (χ0v) is 11.8. The van der Waals surface area contributed by atoms with Crippen molar-refractivity contribution in [3.8, 4) is 0 Å². The maximum absolute atomic E-state index is 6.21. The van der Waals surface area contributed by atoms with E-state index in [1.165, 1.54) is 77.3 Å². The average molecular weight is 251 g/mol. The number of rotatable bonds is 2. The molecule has 2 saturated heterocycles. The highest BCUT2D eigenvalue weighted by atomic mass is 16.5. The molecule has 1 N–H and O–H groups in total. The van der Waals surface area contributed by atoms with Crippen LogP contribution in [0.25, 0.3) is 0 Å². The van der Waals surface area contributed by atoms with E-state index in [-0.39, 0.29) is 0 Å². The Labute approximate surface area is 112 Å². The molecule has 1 unspecified atom stereocenters. The molecule has 1 spiro atoms. The van der Waals surface area contributed by atoms with Crippen LogP contribution in [0.15, 0.2) is 0 Å². The highest BCUT2D eigenvalue weighted by Gasteiger charge is 2.38. The van der Waals surface area contributed by atoms with Gasteiger partial charge in [0.05, 0.1) is 5.60 Å². The summed E-state index contributed by atoms with van der Waals surface area (Å²) in [7, 11) is 0. The van der Waals surface area contributed by atoms with Gasteiger partial charge in [-0.25, -0.2) is 0 Å². The van der Waals surface area contributed by atoms with E-state index in [9.17, 15) is 0 Å². The maximum atomic E-state index is 6.21. The molecule has 0 aromatic rings. The van der Waals surface area contributed by atoms with Crippen LogP contribution in [0.1, 0.15) is 64.2 Å². The summed E-state index contributed by atoms with van der Waals surface area (Å²) in [5, 5.41) is 3.48. The van der Waals surface area contributed by atoms with Gasteiger partial charge >= 0.3 is 0 Å². The highest BCUT2D eigenvalue weighted by molar-refractivity contribution is 4.90. The van der Waals surface area contributed by atoms with E-state index in [1.54, 1.807) is 0 Å². The predicted octanol–water partition coefficient (Wildman–Crippen LogP) is 3.51. The lowest BCUT2D eigenvalue weighted by Gasteiger charge is -2.44. The first kappa shape index (κ1) is 12.9. The van der Waals surface area contributed by atoms with E-state index in [2.05, 4.69) is 5.32 Å². The summed E-state index contributed by atoms with van der Waals surface area (Å²) in [5.74, 6) is 1.95. The molecule has 1 atom stereocenters. The van der Waals surface area contributed by atoms with Crippen LogP contribution in [0.4, 0.5) is 0 Å². The monoisotopic (exact) mass is 251 g/mol. The largest absolute Gasteiger partial charge is 0.375 e. The van der Waals surface area contributed by atoms with Crippen LogP contribution in [0.5, 0.6) is 0 Å². The van der Waals surface area contributed by atoms with Crippen molar-refractivity contribution in [3.05, 3.63) is 0 Å². The van der Waals surface area contributed by atoms with Crippen LogP contribution in [0.3, 0.4) is 0 Å². The minimum atomic E-state index is 0.314. The number of hydrogen-bond acceptors (Lipinski definition) is 2. The van der Waals surface area contributed by atoms with Crippen LogP contribution in [0, 0.1) is 11.8 Å². The summed E-state index contributed by atoms with van der Waals surface area (Å²) in [6, 6.07) is 0. The Kier molecular flexibility index (Phi) is 4.25. The molecule has 2 heterocycles. The van der Waals surface area contributed by atoms with Gasteiger partial charge in [0.25, 0.3) is 0 Å². The number of hydrogen-bond donors (Lipinski definition) is 1. The van der Waals surface area contributed by atoms with E-state index >= 15 is 0 Å². The first-order valence-electron chi connectivity index (χ1n) is 8.21. The summed E-state index contributed by atoms with van der Waals surface area (Å²) in [6.07, 6.45) is 13.9. The Balaban J connectivity index is 1.52. The fourth-order valence-corrected chi connectivity index (χ4v) is 4.46. The van der Waals surface area contributed by atoms with E-state index < -0.39 is 0 Å². The highest BCUT2D eigenvalue weighted by Crippen LogP contribution is 2.42. The van der Waals surface area contributed by atoms with Crippen LogP contribution >= 0.6 is 0 Å². The van der Waals surface area contributed by atoms with Gasteiger partial charge in [-0.2, -0.15) is 0 Å². The van der Waals surface area contributed by atoms with Crippen LogP contribution in [-0.4, -0.2) is 25.3 Å². The van der Waals surface area contributed by atoms with Gasteiger partial charge in [0, 0.05) is 6.61 Å². The van der Waals surface area contributed by atoms with E-state index in [1.807, 2.05) is 0 Å². The Bertz CT molecular complexity index is 248. The van der Waals surface area contributed by atoms with Crippen molar-refractivity contribution < 1.29 is 4.74 Å². The molecule has 2 heteroatoms. The van der Waals surface area contributed by atoms with Crippen molar-refractivity contribution in [2.45, 2.75) is 69.8 Å². The second-order valence-corrected chi connectivity index (χ2v) is 6.88. The molecule has 0 radical (unpaired) electrons. The van der Waals surface area contributed by atoms with Crippen LogP contribution < -0.4 is 5.32 Å². The molecule has 104 valence electrons. The third-order valence-electron chi connectivity index (χ3n) is 5.49. The molecule has 3 aliphatic rings. The summed E-state index contributed by atoms with van der Waals surface area (Å²) >= 11 is 0. The second-order valence-electron chi connectivity index (χ2n) is 6.88. The smallest absolute Gasteiger partial charge is 0.0685 e. The summed E-state index contributed by atoms with van der Waals surface area (Å²) in [6.45, 7) is 3.54. The van der Waals surface area contributed by atoms with Gasteiger partial charge in [-0.05, 0) is 69.9 Å². The van der Waals surface area contributed by atoms with Gasteiger partial charge in [0.15, 0.2) is 0 Å². The van der Waals surface area contributed by atoms with Gasteiger partial charge in [-0.15, -0.1) is 0 Å². The molecule has 1 aliphatic carbocycles. The first-order chi connectivity index (χ1) is 8.86. The normalized spacial score (nSPS) is 33.7. The fraction of sp³-hybridized carbons (Fsp3) is 1.00. The summed E-state index contributed by atoms with van der Waals surface area (Å²) < 4.78 is 6.21. The van der Waals surface area contributed by atoms with E-state index in [0.717, 1.165) is 18.4 Å². The Hall–Kier alpha value is -0.0800.